The third-order valence-electron chi connectivity index (χ3n) is 5.24. The van der Waals surface area contributed by atoms with Crippen LogP contribution in [0, 0.1) is 11.6 Å². The quantitative estimate of drug-likeness (QED) is 0.194. The van der Waals surface area contributed by atoms with E-state index >= 15 is 0 Å². The molecule has 0 amide bonds. The Morgan fingerprint density at radius 2 is 1.09 bits per heavy atom. The molecule has 0 aliphatic heterocycles. The average molecular weight is 477 g/mol. The minimum absolute atomic E-state index is 0.306. The summed E-state index contributed by atoms with van der Waals surface area (Å²) >= 11 is 1.46. The molecule has 166 valence electrons. The molecule has 0 spiro atoms. The van der Waals surface area contributed by atoms with E-state index in [1.807, 2.05) is 66.7 Å². The van der Waals surface area contributed by atoms with Gasteiger partial charge in [0, 0.05) is 16.4 Å². The number of halogens is 2. The largest absolute Gasteiger partial charge is 0.302 e. The van der Waals surface area contributed by atoms with Crippen molar-refractivity contribution in [3.8, 4) is 0 Å². The minimum Gasteiger partial charge on any atom is -0.302 e. The second kappa shape index (κ2) is 10.8. The predicted molar refractivity (Wildman–Crippen MR) is 137 cm³/mol. The van der Waals surface area contributed by atoms with E-state index in [2.05, 4.69) is 0 Å². The van der Waals surface area contributed by atoms with Crippen LogP contribution >= 0.6 is 17.7 Å². The lowest BCUT2D eigenvalue weighted by molar-refractivity contribution is 0.595. The van der Waals surface area contributed by atoms with Crippen LogP contribution in [0.2, 0.25) is 0 Å². The fourth-order valence-corrected chi connectivity index (χ4v) is 8.51. The molecule has 0 unspecified atom stereocenters. The summed E-state index contributed by atoms with van der Waals surface area (Å²) in [6, 6.07) is 31.7. The molecule has 0 aliphatic carbocycles. The smallest absolute Gasteiger partial charge is 0.195 e. The highest BCUT2D eigenvalue weighted by molar-refractivity contribution is 8.62. The number of hydrogen-bond donors (Lipinski definition) is 0. The van der Waals surface area contributed by atoms with Crippen LogP contribution in [0.25, 0.3) is 5.57 Å². The molecule has 0 saturated heterocycles. The summed E-state index contributed by atoms with van der Waals surface area (Å²) in [5.74, 6) is 0.0197. The maximum Gasteiger partial charge on any atom is 0.195 e. The molecule has 4 rings (SSSR count). The molecule has 0 heterocycles. The summed E-state index contributed by atoms with van der Waals surface area (Å²) in [5.41, 5.74) is 2.59. The number of allylic oxidation sites excluding steroid dienone is 1. The average Bonchev–Trinajstić information content (AvgIpc) is 2.86. The first-order valence-electron chi connectivity index (χ1n) is 10.6. The Kier molecular flexibility index (Phi) is 7.59. The van der Waals surface area contributed by atoms with Gasteiger partial charge < -0.3 is 4.57 Å². The lowest BCUT2D eigenvalue weighted by Gasteiger charge is -2.18. The Bertz CT molecular complexity index is 1160. The molecule has 0 fully saturated rings. The maximum atomic E-state index is 14.1. The topological polar surface area (TPSA) is 17.1 Å². The molecular formula is C28H23F2OPS. The van der Waals surface area contributed by atoms with Crippen molar-refractivity contribution in [2.75, 3.05) is 5.75 Å². The van der Waals surface area contributed by atoms with E-state index in [9.17, 15) is 13.3 Å². The molecule has 0 radical (unpaired) electrons. The zero-order chi connectivity index (χ0) is 23.1. The highest BCUT2D eigenvalue weighted by Gasteiger charge is 2.27. The summed E-state index contributed by atoms with van der Waals surface area (Å²) < 4.78 is 41.1. The van der Waals surface area contributed by atoms with E-state index in [1.165, 1.54) is 35.6 Å². The first kappa shape index (κ1) is 23.2. The van der Waals surface area contributed by atoms with Crippen molar-refractivity contribution < 1.29 is 13.3 Å². The molecule has 0 saturated carbocycles. The second-order valence-corrected chi connectivity index (χ2v) is 12.6. The van der Waals surface area contributed by atoms with E-state index in [0.29, 0.717) is 12.2 Å². The molecule has 0 atom stereocenters. The Hall–Kier alpha value is -2.94. The van der Waals surface area contributed by atoms with E-state index in [1.54, 1.807) is 24.3 Å². The van der Waals surface area contributed by atoms with Gasteiger partial charge in [0.1, 0.15) is 11.6 Å². The summed E-state index contributed by atoms with van der Waals surface area (Å²) in [6.07, 6.45) is -0.152. The van der Waals surface area contributed by atoms with Gasteiger partial charge in [-0.1, -0.05) is 102 Å². The molecule has 4 aromatic carbocycles. The molecule has 5 heteroatoms. The van der Waals surface area contributed by atoms with Crippen LogP contribution < -0.4 is 10.6 Å². The molecule has 33 heavy (non-hydrogen) atoms. The summed E-state index contributed by atoms with van der Waals surface area (Å²) in [7, 11) is 0. The number of benzene rings is 4. The van der Waals surface area contributed by atoms with Crippen molar-refractivity contribution in [1.29, 1.82) is 0 Å². The molecule has 0 aliphatic rings. The van der Waals surface area contributed by atoms with E-state index < -0.39 is 6.34 Å². The Labute approximate surface area is 197 Å². The maximum absolute atomic E-state index is 14.1. The van der Waals surface area contributed by atoms with Gasteiger partial charge in [-0.25, -0.2) is 8.78 Å². The second-order valence-electron chi connectivity index (χ2n) is 7.48. The third kappa shape index (κ3) is 5.71. The monoisotopic (exact) mass is 476 g/mol. The zero-order valence-corrected chi connectivity index (χ0v) is 19.6. The van der Waals surface area contributed by atoms with Crippen LogP contribution in [0.5, 0.6) is 0 Å². The van der Waals surface area contributed by atoms with Crippen LogP contribution in [-0.2, 0) is 4.57 Å². The van der Waals surface area contributed by atoms with Crippen LogP contribution in [0.3, 0.4) is 0 Å². The highest BCUT2D eigenvalue weighted by Crippen LogP contribution is 2.56. The zero-order valence-electron chi connectivity index (χ0n) is 17.9. The van der Waals surface area contributed by atoms with Crippen molar-refractivity contribution in [1.82, 2.24) is 0 Å². The van der Waals surface area contributed by atoms with Gasteiger partial charge in [0.05, 0.1) is 0 Å². The predicted octanol–water partition coefficient (Wildman–Crippen LogP) is 7.45. The van der Waals surface area contributed by atoms with Crippen molar-refractivity contribution >= 4 is 33.9 Å². The summed E-state index contributed by atoms with van der Waals surface area (Å²) in [5, 5.41) is 1.64. The number of rotatable bonds is 8. The molecule has 0 aromatic heterocycles. The summed E-state index contributed by atoms with van der Waals surface area (Å²) in [6.45, 7) is 0. The first-order valence-corrected chi connectivity index (χ1v) is 13.9. The fraction of sp³-hybridized carbons (Fsp3) is 0.0714. The first-order chi connectivity index (χ1) is 16.1. The lowest BCUT2D eigenvalue weighted by atomic mass is 9.97. The highest BCUT2D eigenvalue weighted by atomic mass is 32.7. The molecule has 1 nitrogen and oxygen atoms in total. The summed E-state index contributed by atoms with van der Waals surface area (Å²) in [4.78, 5) is 0. The van der Waals surface area contributed by atoms with Crippen molar-refractivity contribution in [2.45, 2.75) is 6.42 Å². The van der Waals surface area contributed by atoms with Gasteiger partial charge in [-0.05, 0) is 47.4 Å². The van der Waals surface area contributed by atoms with Crippen molar-refractivity contribution in [3.63, 3.8) is 0 Å². The standard InChI is InChI=1S/C28H23F2OPS/c29-24-17-13-22(14-18-24)28(23-15-19-25(30)20-16-23)12-7-21-33-32(31,26-8-3-1-4-9-26)27-10-5-2-6-11-27/h1-6,8-20H,7,21H2. The van der Waals surface area contributed by atoms with Gasteiger partial charge in [-0.2, -0.15) is 0 Å². The normalized spacial score (nSPS) is 11.2. The van der Waals surface area contributed by atoms with Crippen LogP contribution in [0.4, 0.5) is 8.78 Å². The van der Waals surface area contributed by atoms with E-state index in [-0.39, 0.29) is 11.6 Å². The Balaban J connectivity index is 1.59. The van der Waals surface area contributed by atoms with Gasteiger partial charge in [-0.15, -0.1) is 0 Å². The lowest BCUT2D eigenvalue weighted by Crippen LogP contribution is -2.13. The van der Waals surface area contributed by atoms with Gasteiger partial charge in [-0.3, -0.25) is 0 Å². The van der Waals surface area contributed by atoms with E-state index in [4.69, 9.17) is 0 Å². The Morgan fingerprint density at radius 1 is 0.667 bits per heavy atom. The van der Waals surface area contributed by atoms with Crippen molar-refractivity contribution in [3.05, 3.63) is 138 Å². The molecule has 4 aromatic rings. The van der Waals surface area contributed by atoms with Gasteiger partial charge in [0.2, 0.25) is 0 Å². The van der Waals surface area contributed by atoms with Gasteiger partial charge >= 0.3 is 0 Å². The fourth-order valence-electron chi connectivity index (χ4n) is 3.59. The Morgan fingerprint density at radius 3 is 1.52 bits per heavy atom. The van der Waals surface area contributed by atoms with Crippen molar-refractivity contribution in [2.24, 2.45) is 0 Å². The molecule has 0 N–H and O–H groups in total. The van der Waals surface area contributed by atoms with Crippen LogP contribution in [-0.4, -0.2) is 5.75 Å². The SMILES string of the molecule is O=P(SCCC=C(c1ccc(F)cc1)c1ccc(F)cc1)(c1ccccc1)c1ccccc1. The molecular weight excluding hydrogens is 453 g/mol. The number of hydrogen-bond acceptors (Lipinski definition) is 2. The minimum atomic E-state index is -2.85. The van der Waals surface area contributed by atoms with Gasteiger partial charge in [0.25, 0.3) is 0 Å². The van der Waals surface area contributed by atoms with Crippen LogP contribution in [0.1, 0.15) is 17.5 Å². The molecule has 0 bridgehead atoms. The van der Waals surface area contributed by atoms with E-state index in [0.717, 1.165) is 27.3 Å². The van der Waals surface area contributed by atoms with Gasteiger partial charge in [0.15, 0.2) is 6.34 Å². The van der Waals surface area contributed by atoms with Crippen LogP contribution in [0.15, 0.2) is 115 Å². The third-order valence-corrected chi connectivity index (χ3v) is 10.9.